The highest BCUT2D eigenvalue weighted by molar-refractivity contribution is 7.92. The Labute approximate surface area is 212 Å². The van der Waals surface area contributed by atoms with Gasteiger partial charge in [-0.05, 0) is 85.7 Å². The number of hydrogen-bond acceptors (Lipinski definition) is 5. The smallest absolute Gasteiger partial charge is 0.337 e. The molecule has 0 fully saturated rings. The highest BCUT2D eigenvalue weighted by Crippen LogP contribution is 2.53. The van der Waals surface area contributed by atoms with E-state index in [1.165, 1.54) is 7.11 Å². The van der Waals surface area contributed by atoms with Gasteiger partial charge in [0.1, 0.15) is 0 Å². The summed E-state index contributed by atoms with van der Waals surface area (Å²) < 4.78 is 34.3. The molecule has 2 N–H and O–H groups in total. The Kier molecular flexibility index (Phi) is 5.91. The maximum absolute atomic E-state index is 13.4. The van der Waals surface area contributed by atoms with E-state index in [4.69, 9.17) is 4.74 Å². The van der Waals surface area contributed by atoms with Gasteiger partial charge in [0.2, 0.25) is 0 Å². The number of nitrogens with one attached hydrogen (secondary N) is 2. The van der Waals surface area contributed by atoms with Crippen molar-refractivity contribution >= 4 is 27.4 Å². The summed E-state index contributed by atoms with van der Waals surface area (Å²) in [6, 6.07) is 18.5. The van der Waals surface area contributed by atoms with Crippen LogP contribution in [0.1, 0.15) is 51.9 Å². The number of aryl methyl sites for hydroxylation is 2. The molecule has 2 aliphatic rings. The topological polar surface area (TPSA) is 84.5 Å². The lowest BCUT2D eigenvalue weighted by molar-refractivity contribution is 0.0600. The lowest BCUT2D eigenvalue weighted by Gasteiger charge is -2.46. The van der Waals surface area contributed by atoms with Gasteiger partial charge in [-0.15, -0.1) is 0 Å². The van der Waals surface area contributed by atoms with E-state index in [-0.39, 0.29) is 22.7 Å². The number of carbonyl (C=O) groups excluding carboxylic acids is 1. The van der Waals surface area contributed by atoms with Crippen molar-refractivity contribution in [3.05, 3.63) is 101 Å². The molecule has 0 bridgehead atoms. The molecule has 2 unspecified atom stereocenters. The van der Waals surface area contributed by atoms with Crippen LogP contribution in [-0.2, 0) is 20.3 Å². The van der Waals surface area contributed by atoms with E-state index in [0.717, 1.165) is 34.4 Å². The molecule has 0 spiro atoms. The molecule has 1 aliphatic carbocycles. The van der Waals surface area contributed by atoms with Crippen molar-refractivity contribution in [1.82, 2.24) is 0 Å². The third-order valence-corrected chi connectivity index (χ3v) is 8.97. The lowest BCUT2D eigenvalue weighted by Crippen LogP contribution is -2.44. The van der Waals surface area contributed by atoms with Crippen LogP contribution in [0.4, 0.5) is 11.4 Å². The Balaban J connectivity index is 1.50. The summed E-state index contributed by atoms with van der Waals surface area (Å²) in [5.41, 5.74) is 5.44. The van der Waals surface area contributed by atoms with Crippen LogP contribution in [0.25, 0.3) is 0 Å². The highest BCUT2D eigenvalue weighted by atomic mass is 32.2. The molecule has 36 heavy (non-hydrogen) atoms. The minimum Gasteiger partial charge on any atom is -0.465 e. The molecule has 1 heterocycles. The highest BCUT2D eigenvalue weighted by Gasteiger charge is 2.46. The summed E-state index contributed by atoms with van der Waals surface area (Å²) in [4.78, 5) is 12.1. The molecule has 0 saturated carbocycles. The van der Waals surface area contributed by atoms with Crippen molar-refractivity contribution in [2.24, 2.45) is 5.92 Å². The first kappa shape index (κ1) is 24.1. The van der Waals surface area contributed by atoms with Gasteiger partial charge >= 0.3 is 5.97 Å². The number of benzene rings is 3. The molecule has 1 aliphatic heterocycles. The zero-order valence-electron chi connectivity index (χ0n) is 20.8. The summed E-state index contributed by atoms with van der Waals surface area (Å²) in [5.74, 6) is -0.0994. The van der Waals surface area contributed by atoms with Crippen LogP contribution in [0.3, 0.4) is 0 Å². The van der Waals surface area contributed by atoms with Crippen molar-refractivity contribution < 1.29 is 17.9 Å². The molecule has 0 amide bonds. The number of fused-ring (bicyclic) bond motifs is 3. The first-order valence-corrected chi connectivity index (χ1v) is 13.5. The van der Waals surface area contributed by atoms with E-state index < -0.39 is 15.6 Å². The number of ether oxygens (including phenoxy) is 1. The largest absolute Gasteiger partial charge is 0.465 e. The number of rotatable bonds is 5. The van der Waals surface area contributed by atoms with Crippen molar-refractivity contribution in [2.75, 3.05) is 17.1 Å². The predicted molar refractivity (Wildman–Crippen MR) is 142 cm³/mol. The van der Waals surface area contributed by atoms with Crippen LogP contribution >= 0.6 is 0 Å². The first-order valence-electron chi connectivity index (χ1n) is 12.0. The second-order valence-corrected chi connectivity index (χ2v) is 11.5. The normalized spacial score (nSPS) is 22.3. The molecule has 6 nitrogen and oxygen atoms in total. The van der Waals surface area contributed by atoms with Crippen molar-refractivity contribution in [2.45, 2.75) is 43.5 Å². The van der Waals surface area contributed by atoms with E-state index in [1.54, 1.807) is 24.3 Å². The van der Waals surface area contributed by atoms with Gasteiger partial charge in [-0.25, -0.2) is 13.2 Å². The maximum Gasteiger partial charge on any atom is 0.337 e. The monoisotopic (exact) mass is 502 g/mol. The Bertz CT molecular complexity index is 1460. The summed E-state index contributed by atoms with van der Waals surface area (Å²) in [7, 11) is -2.39. The average molecular weight is 503 g/mol. The summed E-state index contributed by atoms with van der Waals surface area (Å²) >= 11 is 0. The average Bonchev–Trinajstić information content (AvgIpc) is 3.37. The number of carbonyl (C=O) groups is 1. The molecule has 186 valence electrons. The molecular formula is C29H30N2O4S. The maximum atomic E-state index is 13.4. The fourth-order valence-electron chi connectivity index (χ4n) is 5.56. The first-order chi connectivity index (χ1) is 17.1. The summed E-state index contributed by atoms with van der Waals surface area (Å²) in [6.07, 6.45) is 5.22. The quantitative estimate of drug-likeness (QED) is 0.336. The van der Waals surface area contributed by atoms with Crippen molar-refractivity contribution in [1.29, 1.82) is 0 Å². The molecule has 3 atom stereocenters. The van der Waals surface area contributed by atoms with Crippen LogP contribution in [0, 0.1) is 19.8 Å². The number of anilines is 2. The van der Waals surface area contributed by atoms with E-state index in [2.05, 4.69) is 29.1 Å². The lowest BCUT2D eigenvalue weighted by atomic mass is 9.68. The number of esters is 1. The van der Waals surface area contributed by atoms with Gasteiger partial charge in [0.15, 0.2) is 0 Å². The Hall–Kier alpha value is -3.58. The summed E-state index contributed by atoms with van der Waals surface area (Å²) in [6.45, 7) is 5.96. The van der Waals surface area contributed by atoms with Gasteiger partial charge in [-0.2, -0.15) is 0 Å². The van der Waals surface area contributed by atoms with Gasteiger partial charge in [0.05, 0.1) is 28.8 Å². The van der Waals surface area contributed by atoms with Crippen LogP contribution in [0.15, 0.2) is 77.7 Å². The van der Waals surface area contributed by atoms with Crippen LogP contribution in [0.5, 0.6) is 0 Å². The fourth-order valence-corrected chi connectivity index (χ4v) is 6.80. The van der Waals surface area contributed by atoms with Gasteiger partial charge in [0, 0.05) is 11.6 Å². The number of para-hydroxylation sites is 1. The standard InChI is InChI=1S/C29H30N2O4S/c1-18-7-5-8-19(2)27(18)31-36(33,34)22-15-16-26-24(17-22)23-9-6-10-25(23)29(3,30-26)21-13-11-20(12-14-21)28(32)35-4/h5-9,11-17,23,25,30-31H,10H2,1-4H3/t23?,25?,29-/m0/s1. The molecule has 3 aromatic rings. The van der Waals surface area contributed by atoms with Gasteiger partial charge in [0.25, 0.3) is 10.0 Å². The molecule has 0 saturated heterocycles. The van der Waals surface area contributed by atoms with Crippen LogP contribution in [0.2, 0.25) is 0 Å². The van der Waals surface area contributed by atoms with E-state index in [1.807, 2.05) is 50.2 Å². The number of methoxy groups -OCH3 is 1. The number of allylic oxidation sites excluding steroid dienone is 2. The molecule has 7 heteroatoms. The SMILES string of the molecule is COC(=O)c1ccc([C@]2(C)Nc3ccc(S(=O)(=O)Nc4c(C)cccc4C)cc3C3C=CCC32)cc1. The summed E-state index contributed by atoms with van der Waals surface area (Å²) in [5, 5.41) is 3.70. The van der Waals surface area contributed by atoms with Crippen LogP contribution in [-0.4, -0.2) is 21.5 Å². The van der Waals surface area contributed by atoms with Gasteiger partial charge in [-0.1, -0.05) is 42.5 Å². The Morgan fingerprint density at radius 3 is 2.42 bits per heavy atom. The van der Waals surface area contributed by atoms with Crippen molar-refractivity contribution in [3.8, 4) is 0 Å². The molecule has 3 aromatic carbocycles. The second-order valence-electron chi connectivity index (χ2n) is 9.81. The van der Waals surface area contributed by atoms with E-state index in [0.29, 0.717) is 11.3 Å². The zero-order chi connectivity index (χ0) is 25.7. The van der Waals surface area contributed by atoms with E-state index >= 15 is 0 Å². The molecule has 0 aromatic heterocycles. The third-order valence-electron chi connectivity index (χ3n) is 7.62. The Morgan fingerprint density at radius 2 is 1.75 bits per heavy atom. The number of sulfonamides is 1. The third kappa shape index (κ3) is 3.97. The minimum absolute atomic E-state index is 0.0712. The fraction of sp³-hybridized carbons (Fsp3) is 0.276. The van der Waals surface area contributed by atoms with Gasteiger partial charge in [-0.3, -0.25) is 4.72 Å². The second kappa shape index (κ2) is 8.82. The molecule has 5 rings (SSSR count). The minimum atomic E-state index is -3.76. The number of hydrogen-bond donors (Lipinski definition) is 2. The van der Waals surface area contributed by atoms with E-state index in [9.17, 15) is 13.2 Å². The zero-order valence-corrected chi connectivity index (χ0v) is 21.6. The van der Waals surface area contributed by atoms with Gasteiger partial charge < -0.3 is 10.1 Å². The Morgan fingerprint density at radius 1 is 1.06 bits per heavy atom. The predicted octanol–water partition coefficient (Wildman–Crippen LogP) is 5.89. The molecule has 0 radical (unpaired) electrons. The molecular weight excluding hydrogens is 472 g/mol. The van der Waals surface area contributed by atoms with Crippen LogP contribution < -0.4 is 10.0 Å². The van der Waals surface area contributed by atoms with Crippen molar-refractivity contribution in [3.63, 3.8) is 0 Å².